The number of carboxylic acids is 1. The molecule has 0 bridgehead atoms. The van der Waals surface area contributed by atoms with E-state index >= 15 is 0 Å². The van der Waals surface area contributed by atoms with Gasteiger partial charge in [-0.15, -0.1) is 0 Å². The van der Waals surface area contributed by atoms with E-state index in [0.717, 1.165) is 6.92 Å². The summed E-state index contributed by atoms with van der Waals surface area (Å²) in [6.07, 6.45) is -1.52. The van der Waals surface area contributed by atoms with Gasteiger partial charge in [-0.1, -0.05) is 30.3 Å². The first-order chi connectivity index (χ1) is 16.5. The molecule has 5 amide bonds. The summed E-state index contributed by atoms with van der Waals surface area (Å²) in [4.78, 5) is 66.0. The Bertz CT molecular complexity index is 981. The number of hydrazine groups is 1. The highest BCUT2D eigenvalue weighted by molar-refractivity contribution is 6.06. The number of rotatable bonds is 12. The fourth-order valence-corrected chi connectivity index (χ4v) is 3.49. The second kappa shape index (κ2) is 12.3. The number of hydrogen-bond acceptors (Lipinski definition) is 7. The SMILES string of the molecule is CC(=O)N(C(CC(=O)O)C(=O)NCC(O)c1ccccc1)N1C(=O)N[C@@H](CCCN=C(N)N)C1=O. The van der Waals surface area contributed by atoms with Gasteiger partial charge in [-0.05, 0) is 18.4 Å². The van der Waals surface area contributed by atoms with Gasteiger partial charge in [0.25, 0.3) is 5.91 Å². The van der Waals surface area contributed by atoms with Gasteiger partial charge in [-0.3, -0.25) is 24.2 Å². The van der Waals surface area contributed by atoms with Crippen LogP contribution in [0.5, 0.6) is 0 Å². The minimum Gasteiger partial charge on any atom is -0.481 e. The monoisotopic (exact) mass is 491 g/mol. The molecule has 3 atom stereocenters. The van der Waals surface area contributed by atoms with Crippen LogP contribution in [0, 0.1) is 0 Å². The fraction of sp³-hybridized carbons (Fsp3) is 0.429. The molecule has 2 rings (SSSR count). The Hall–Kier alpha value is -4.20. The summed E-state index contributed by atoms with van der Waals surface area (Å²) in [7, 11) is 0. The van der Waals surface area contributed by atoms with E-state index in [1.165, 1.54) is 0 Å². The number of benzene rings is 1. The van der Waals surface area contributed by atoms with Crippen LogP contribution in [0.25, 0.3) is 0 Å². The van der Waals surface area contributed by atoms with Crippen molar-refractivity contribution in [2.45, 2.75) is 44.4 Å². The minimum absolute atomic E-state index is 0.129. The van der Waals surface area contributed by atoms with Gasteiger partial charge in [-0.25, -0.2) is 9.80 Å². The largest absolute Gasteiger partial charge is 0.481 e. The van der Waals surface area contributed by atoms with Gasteiger partial charge in [0.1, 0.15) is 12.1 Å². The summed E-state index contributed by atoms with van der Waals surface area (Å²) >= 11 is 0. The molecule has 0 saturated carbocycles. The van der Waals surface area contributed by atoms with Gasteiger partial charge < -0.3 is 32.3 Å². The number of amides is 5. The molecule has 35 heavy (non-hydrogen) atoms. The molecule has 14 heteroatoms. The lowest BCUT2D eigenvalue weighted by Crippen LogP contribution is -2.59. The third-order valence-corrected chi connectivity index (χ3v) is 5.10. The summed E-state index contributed by atoms with van der Waals surface area (Å²) in [5, 5.41) is 25.4. The summed E-state index contributed by atoms with van der Waals surface area (Å²) in [5.74, 6) is -4.27. The number of nitrogens with zero attached hydrogens (tertiary/aromatic N) is 3. The second-order valence-corrected chi connectivity index (χ2v) is 7.75. The Morgan fingerprint density at radius 2 is 1.89 bits per heavy atom. The van der Waals surface area contributed by atoms with Crippen molar-refractivity contribution in [2.24, 2.45) is 16.5 Å². The number of hydrogen-bond donors (Lipinski definition) is 6. The Labute approximate surface area is 200 Å². The zero-order chi connectivity index (χ0) is 26.1. The molecule has 14 nitrogen and oxygen atoms in total. The van der Waals surface area contributed by atoms with E-state index in [1.54, 1.807) is 30.3 Å². The van der Waals surface area contributed by atoms with Gasteiger partial charge in [0.05, 0.1) is 12.5 Å². The third-order valence-electron chi connectivity index (χ3n) is 5.10. The maximum absolute atomic E-state index is 12.9. The lowest BCUT2D eigenvalue weighted by atomic mass is 10.1. The Balaban J connectivity index is 2.18. The molecular formula is C21H29N7O7. The first-order valence-electron chi connectivity index (χ1n) is 10.7. The topological polar surface area (TPSA) is 221 Å². The third kappa shape index (κ3) is 7.40. The van der Waals surface area contributed by atoms with E-state index in [1.807, 2.05) is 0 Å². The van der Waals surface area contributed by atoms with Crippen LogP contribution in [0.4, 0.5) is 4.79 Å². The second-order valence-electron chi connectivity index (χ2n) is 7.75. The number of aliphatic hydroxyl groups excluding tert-OH is 1. The fourth-order valence-electron chi connectivity index (χ4n) is 3.49. The molecule has 1 aliphatic heterocycles. The van der Waals surface area contributed by atoms with Crippen LogP contribution in [0.1, 0.15) is 37.9 Å². The lowest BCUT2D eigenvalue weighted by Gasteiger charge is -2.34. The highest BCUT2D eigenvalue weighted by Gasteiger charge is 2.46. The number of carbonyl (C=O) groups excluding carboxylic acids is 4. The van der Waals surface area contributed by atoms with E-state index in [9.17, 15) is 34.2 Å². The van der Waals surface area contributed by atoms with Crippen LogP contribution in [0.3, 0.4) is 0 Å². The van der Waals surface area contributed by atoms with Crippen molar-refractivity contribution in [2.75, 3.05) is 13.1 Å². The van der Waals surface area contributed by atoms with E-state index in [-0.39, 0.29) is 25.5 Å². The molecular weight excluding hydrogens is 462 g/mol. The maximum Gasteiger partial charge on any atom is 0.344 e. The predicted molar refractivity (Wildman–Crippen MR) is 122 cm³/mol. The molecule has 8 N–H and O–H groups in total. The number of guanidine groups is 1. The van der Waals surface area contributed by atoms with Crippen molar-refractivity contribution < 1.29 is 34.2 Å². The van der Waals surface area contributed by atoms with Gasteiger partial charge >= 0.3 is 12.0 Å². The van der Waals surface area contributed by atoms with Crippen LogP contribution >= 0.6 is 0 Å². The van der Waals surface area contributed by atoms with E-state index < -0.39 is 54.3 Å². The predicted octanol–water partition coefficient (Wildman–Crippen LogP) is -1.58. The van der Waals surface area contributed by atoms with Gasteiger partial charge in [0, 0.05) is 20.0 Å². The zero-order valence-electron chi connectivity index (χ0n) is 19.1. The summed E-state index contributed by atoms with van der Waals surface area (Å²) in [6, 6.07) is 4.66. The molecule has 0 radical (unpaired) electrons. The molecule has 1 aliphatic rings. The Morgan fingerprint density at radius 1 is 1.23 bits per heavy atom. The van der Waals surface area contributed by atoms with Crippen LogP contribution in [0.2, 0.25) is 0 Å². The standard InChI is InChI=1S/C21H29N7O7/c1-12(29)27(28-19(34)14(26-21(28)35)8-5-9-24-20(22)23)15(10-17(31)32)18(33)25-11-16(30)13-6-3-2-4-7-13/h2-4,6-7,14-16,30H,5,8-11H2,1H3,(H,25,33)(H,26,35)(H,31,32)(H4,22,23,24)/t14-,15?,16?/m0/s1. The molecule has 190 valence electrons. The molecule has 0 aromatic heterocycles. The zero-order valence-corrected chi connectivity index (χ0v) is 19.1. The number of imide groups is 1. The number of aliphatic imine (C=N–C) groups is 1. The molecule has 1 saturated heterocycles. The van der Waals surface area contributed by atoms with Crippen molar-refractivity contribution in [1.82, 2.24) is 20.7 Å². The molecule has 1 aromatic rings. The van der Waals surface area contributed by atoms with Crippen LogP contribution in [0.15, 0.2) is 35.3 Å². The van der Waals surface area contributed by atoms with Gasteiger partial charge in [0.15, 0.2) is 5.96 Å². The van der Waals surface area contributed by atoms with Crippen LogP contribution < -0.4 is 22.1 Å². The quantitative estimate of drug-likeness (QED) is 0.0858. The number of aliphatic hydroxyl groups is 1. The summed E-state index contributed by atoms with van der Waals surface area (Å²) < 4.78 is 0. The number of nitrogens with two attached hydrogens (primary N) is 2. The van der Waals surface area contributed by atoms with Crippen molar-refractivity contribution in [1.29, 1.82) is 0 Å². The number of nitrogens with one attached hydrogen (secondary N) is 2. The average molecular weight is 492 g/mol. The normalized spacial score (nSPS) is 16.7. The lowest BCUT2D eigenvalue weighted by molar-refractivity contribution is -0.164. The highest BCUT2D eigenvalue weighted by Crippen LogP contribution is 2.19. The molecule has 0 aliphatic carbocycles. The minimum atomic E-state index is -1.73. The number of carboxylic acid groups (broad SMARTS) is 1. The number of urea groups is 1. The molecule has 0 spiro atoms. The van der Waals surface area contributed by atoms with Crippen molar-refractivity contribution in [3.05, 3.63) is 35.9 Å². The summed E-state index contributed by atoms with van der Waals surface area (Å²) in [6.45, 7) is 0.901. The molecule has 1 fully saturated rings. The van der Waals surface area contributed by atoms with Gasteiger partial charge in [-0.2, -0.15) is 5.01 Å². The summed E-state index contributed by atoms with van der Waals surface area (Å²) in [5.41, 5.74) is 11.0. The van der Waals surface area contributed by atoms with E-state index in [4.69, 9.17) is 11.5 Å². The van der Waals surface area contributed by atoms with Crippen LogP contribution in [-0.2, 0) is 19.2 Å². The highest BCUT2D eigenvalue weighted by atomic mass is 16.4. The van der Waals surface area contributed by atoms with E-state index in [0.29, 0.717) is 22.0 Å². The van der Waals surface area contributed by atoms with Crippen molar-refractivity contribution in [3.8, 4) is 0 Å². The van der Waals surface area contributed by atoms with Crippen molar-refractivity contribution >= 4 is 35.7 Å². The smallest absolute Gasteiger partial charge is 0.344 e. The number of carbonyl (C=O) groups is 5. The Morgan fingerprint density at radius 3 is 2.46 bits per heavy atom. The molecule has 1 heterocycles. The van der Waals surface area contributed by atoms with Crippen LogP contribution in [-0.4, -0.2) is 81.1 Å². The number of aliphatic carboxylic acids is 1. The van der Waals surface area contributed by atoms with Crippen molar-refractivity contribution in [3.63, 3.8) is 0 Å². The maximum atomic E-state index is 12.9. The molecule has 2 unspecified atom stereocenters. The first-order valence-corrected chi connectivity index (χ1v) is 10.7. The first kappa shape index (κ1) is 27.0. The van der Waals surface area contributed by atoms with E-state index in [2.05, 4.69) is 15.6 Å². The Kier molecular flexibility index (Phi) is 9.52. The molecule has 1 aromatic carbocycles. The van der Waals surface area contributed by atoms with Gasteiger partial charge in [0.2, 0.25) is 11.8 Å². The average Bonchev–Trinajstić information content (AvgIpc) is 3.07.